The van der Waals surface area contributed by atoms with Gasteiger partial charge in [0, 0.05) is 11.6 Å². The molecular weight excluding hydrogens is 322 g/mol. The molecule has 0 aliphatic rings. The molecular formula is C18H13N3O2S. The number of aromatic nitrogens is 2. The van der Waals surface area contributed by atoms with Gasteiger partial charge in [-0.25, -0.2) is 4.98 Å². The molecule has 3 rings (SSSR count). The largest absolute Gasteiger partial charge is 0.496 e. The van der Waals surface area contributed by atoms with Gasteiger partial charge in [0.25, 0.3) is 0 Å². The van der Waals surface area contributed by atoms with Crippen LogP contribution in [0.15, 0.2) is 54.0 Å². The molecule has 2 aromatic heterocycles. The standard InChI is InChI=1S/C18H13N3O2S/c1-23-16-8-3-2-6-12(16)18-21-15(11-24-18)17(22)13(10-19)14-7-4-5-9-20-14/h2-9,11,13H,1H3. The summed E-state index contributed by atoms with van der Waals surface area (Å²) in [6.45, 7) is 0. The number of Topliss-reactive ketones (excluding diaryl/α,β-unsaturated/α-hetero) is 1. The van der Waals surface area contributed by atoms with Gasteiger partial charge in [0.05, 0.1) is 24.4 Å². The molecule has 6 heteroatoms. The van der Waals surface area contributed by atoms with Crippen LogP contribution < -0.4 is 4.74 Å². The lowest BCUT2D eigenvalue weighted by Crippen LogP contribution is -2.13. The second kappa shape index (κ2) is 7.02. The van der Waals surface area contributed by atoms with E-state index in [1.807, 2.05) is 30.3 Å². The van der Waals surface area contributed by atoms with Crippen LogP contribution in [0.25, 0.3) is 10.6 Å². The number of methoxy groups -OCH3 is 1. The van der Waals surface area contributed by atoms with E-state index in [9.17, 15) is 10.1 Å². The van der Waals surface area contributed by atoms with Crippen molar-refractivity contribution in [3.8, 4) is 22.4 Å². The Morgan fingerprint density at radius 2 is 2.04 bits per heavy atom. The Morgan fingerprint density at radius 3 is 2.75 bits per heavy atom. The molecule has 3 aromatic rings. The van der Waals surface area contributed by atoms with Crippen molar-refractivity contribution in [1.82, 2.24) is 9.97 Å². The van der Waals surface area contributed by atoms with Gasteiger partial charge >= 0.3 is 0 Å². The van der Waals surface area contributed by atoms with Crippen molar-refractivity contribution in [2.45, 2.75) is 5.92 Å². The molecule has 5 nitrogen and oxygen atoms in total. The monoisotopic (exact) mass is 335 g/mol. The molecule has 0 aliphatic carbocycles. The van der Waals surface area contributed by atoms with Gasteiger partial charge in [-0.05, 0) is 24.3 Å². The van der Waals surface area contributed by atoms with Crippen LogP contribution >= 0.6 is 11.3 Å². The number of rotatable bonds is 5. The summed E-state index contributed by atoms with van der Waals surface area (Å²) in [6.07, 6.45) is 1.56. The molecule has 2 heterocycles. The number of hydrogen-bond donors (Lipinski definition) is 0. The molecule has 0 radical (unpaired) electrons. The summed E-state index contributed by atoms with van der Waals surface area (Å²) in [5.74, 6) is -0.625. The molecule has 118 valence electrons. The molecule has 1 aromatic carbocycles. The fourth-order valence-corrected chi connectivity index (χ4v) is 3.12. The lowest BCUT2D eigenvalue weighted by molar-refractivity contribution is 0.0973. The van der Waals surface area contributed by atoms with E-state index in [4.69, 9.17) is 4.74 Å². The van der Waals surface area contributed by atoms with Crippen LogP contribution in [0.2, 0.25) is 0 Å². The zero-order valence-electron chi connectivity index (χ0n) is 12.8. The molecule has 0 aliphatic heterocycles. The van der Waals surface area contributed by atoms with E-state index in [1.165, 1.54) is 11.3 Å². The van der Waals surface area contributed by atoms with Crippen LogP contribution in [-0.2, 0) is 0 Å². The number of nitrogens with zero attached hydrogens (tertiary/aromatic N) is 3. The molecule has 1 unspecified atom stereocenters. The van der Waals surface area contributed by atoms with Crippen LogP contribution in [0.3, 0.4) is 0 Å². The smallest absolute Gasteiger partial charge is 0.205 e. The minimum absolute atomic E-state index is 0.262. The third-order valence-electron chi connectivity index (χ3n) is 3.47. The Hall–Kier alpha value is -3.04. The summed E-state index contributed by atoms with van der Waals surface area (Å²) in [6, 6.07) is 14.6. The Kier molecular flexibility index (Phi) is 4.64. The van der Waals surface area contributed by atoms with Crippen LogP contribution in [-0.4, -0.2) is 22.9 Å². The highest BCUT2D eigenvalue weighted by Crippen LogP contribution is 2.32. The fourth-order valence-electron chi connectivity index (χ4n) is 2.29. The highest BCUT2D eigenvalue weighted by atomic mass is 32.1. The Labute approximate surface area is 143 Å². The minimum Gasteiger partial charge on any atom is -0.496 e. The average Bonchev–Trinajstić information content (AvgIpc) is 3.13. The summed E-state index contributed by atoms with van der Waals surface area (Å²) >= 11 is 1.34. The van der Waals surface area contributed by atoms with E-state index in [0.29, 0.717) is 16.5 Å². The Balaban J connectivity index is 1.93. The highest BCUT2D eigenvalue weighted by molar-refractivity contribution is 7.13. The maximum atomic E-state index is 12.6. The van der Waals surface area contributed by atoms with Gasteiger partial charge in [0.15, 0.2) is 5.92 Å². The normalized spacial score (nSPS) is 11.5. The second-order valence-electron chi connectivity index (χ2n) is 4.92. The maximum Gasteiger partial charge on any atom is 0.205 e. The molecule has 0 N–H and O–H groups in total. The van der Waals surface area contributed by atoms with E-state index < -0.39 is 5.92 Å². The highest BCUT2D eigenvalue weighted by Gasteiger charge is 2.25. The first-order valence-electron chi connectivity index (χ1n) is 7.18. The van der Waals surface area contributed by atoms with Crippen LogP contribution in [0.4, 0.5) is 0 Å². The molecule has 0 spiro atoms. The van der Waals surface area contributed by atoms with E-state index in [1.54, 1.807) is 36.9 Å². The molecule has 0 fully saturated rings. The number of nitriles is 1. The van der Waals surface area contributed by atoms with E-state index in [0.717, 1.165) is 5.56 Å². The third kappa shape index (κ3) is 3.03. The lowest BCUT2D eigenvalue weighted by Gasteiger charge is -2.06. The van der Waals surface area contributed by atoms with Crippen molar-refractivity contribution < 1.29 is 9.53 Å². The number of thiazole rings is 1. The topological polar surface area (TPSA) is 75.9 Å². The molecule has 1 atom stereocenters. The van der Waals surface area contributed by atoms with Crippen LogP contribution in [0, 0.1) is 11.3 Å². The average molecular weight is 335 g/mol. The maximum absolute atomic E-state index is 12.6. The van der Waals surface area contributed by atoms with Crippen LogP contribution in [0.5, 0.6) is 5.75 Å². The Bertz CT molecular complexity index is 900. The number of pyridine rings is 1. The number of hydrogen-bond acceptors (Lipinski definition) is 6. The van der Waals surface area contributed by atoms with Crippen molar-refractivity contribution in [2.75, 3.05) is 7.11 Å². The fraction of sp³-hybridized carbons (Fsp3) is 0.111. The number of ether oxygens (including phenoxy) is 1. The molecule has 0 bridgehead atoms. The van der Waals surface area contributed by atoms with Crippen molar-refractivity contribution in [1.29, 1.82) is 5.26 Å². The summed E-state index contributed by atoms with van der Waals surface area (Å²) in [5, 5.41) is 11.7. The predicted molar refractivity (Wildman–Crippen MR) is 91.0 cm³/mol. The summed E-state index contributed by atoms with van der Waals surface area (Å²) in [7, 11) is 1.59. The predicted octanol–water partition coefficient (Wildman–Crippen LogP) is 3.70. The van der Waals surface area contributed by atoms with Crippen molar-refractivity contribution in [2.24, 2.45) is 0 Å². The van der Waals surface area contributed by atoms with Gasteiger partial charge in [0.1, 0.15) is 16.5 Å². The van der Waals surface area contributed by atoms with Crippen LogP contribution in [0.1, 0.15) is 22.1 Å². The SMILES string of the molecule is COc1ccccc1-c1nc(C(=O)C(C#N)c2ccccn2)cs1. The number of benzene rings is 1. The summed E-state index contributed by atoms with van der Waals surface area (Å²) < 4.78 is 5.33. The van der Waals surface area contributed by atoms with Crippen molar-refractivity contribution in [3.63, 3.8) is 0 Å². The van der Waals surface area contributed by atoms with Crippen molar-refractivity contribution >= 4 is 17.1 Å². The summed E-state index contributed by atoms with van der Waals surface area (Å²) in [4.78, 5) is 21.1. The first-order valence-corrected chi connectivity index (χ1v) is 8.06. The molecule has 0 saturated carbocycles. The van der Waals surface area contributed by atoms with Gasteiger partial charge < -0.3 is 4.74 Å². The number of ketones is 1. The molecule has 0 saturated heterocycles. The first kappa shape index (κ1) is 15.8. The van der Waals surface area contributed by atoms with Gasteiger partial charge in [-0.1, -0.05) is 18.2 Å². The quantitative estimate of drug-likeness (QED) is 0.664. The van der Waals surface area contributed by atoms with Gasteiger partial charge in [-0.3, -0.25) is 9.78 Å². The molecule has 24 heavy (non-hydrogen) atoms. The first-order chi connectivity index (χ1) is 11.7. The number of para-hydroxylation sites is 1. The van der Waals surface area contributed by atoms with E-state index in [-0.39, 0.29) is 11.5 Å². The Morgan fingerprint density at radius 1 is 1.25 bits per heavy atom. The van der Waals surface area contributed by atoms with Gasteiger partial charge in [-0.2, -0.15) is 5.26 Å². The lowest BCUT2D eigenvalue weighted by atomic mass is 9.99. The number of carbonyl (C=O) groups is 1. The van der Waals surface area contributed by atoms with E-state index >= 15 is 0 Å². The van der Waals surface area contributed by atoms with Gasteiger partial charge in [-0.15, -0.1) is 11.3 Å². The van der Waals surface area contributed by atoms with Gasteiger partial charge in [0.2, 0.25) is 5.78 Å². The second-order valence-corrected chi connectivity index (χ2v) is 5.78. The molecule has 0 amide bonds. The van der Waals surface area contributed by atoms with Crippen molar-refractivity contribution in [3.05, 3.63) is 65.4 Å². The van der Waals surface area contributed by atoms with E-state index in [2.05, 4.69) is 9.97 Å². The minimum atomic E-state index is -0.959. The summed E-state index contributed by atoms with van der Waals surface area (Å²) in [5.41, 5.74) is 1.50. The zero-order chi connectivity index (χ0) is 16.9. The zero-order valence-corrected chi connectivity index (χ0v) is 13.7. The number of carbonyl (C=O) groups excluding carboxylic acids is 1. The third-order valence-corrected chi connectivity index (χ3v) is 4.34.